The third-order valence-corrected chi connectivity index (χ3v) is 3.72. The van der Waals surface area contributed by atoms with Gasteiger partial charge in [-0.05, 0) is 37.0 Å². The highest BCUT2D eigenvalue weighted by molar-refractivity contribution is 9.10. The monoisotopic (exact) mass is 313 g/mol. The van der Waals surface area contributed by atoms with E-state index in [0.29, 0.717) is 11.5 Å². The Kier molecular flexibility index (Phi) is 4.58. The van der Waals surface area contributed by atoms with E-state index in [1.54, 1.807) is 12.1 Å². The largest absolute Gasteiger partial charge is 0.370 e. The SMILES string of the molecule is NC(=NCc1cc(Br)ccc1F)NCC1CCC1. The second kappa shape index (κ2) is 6.18. The quantitative estimate of drug-likeness (QED) is 0.663. The van der Waals surface area contributed by atoms with E-state index in [9.17, 15) is 4.39 Å². The molecule has 2 rings (SSSR count). The number of nitrogens with two attached hydrogens (primary N) is 1. The minimum atomic E-state index is -0.256. The lowest BCUT2D eigenvalue weighted by molar-refractivity contribution is 0.315. The van der Waals surface area contributed by atoms with Gasteiger partial charge in [0, 0.05) is 16.6 Å². The van der Waals surface area contributed by atoms with Crippen molar-refractivity contribution in [3.8, 4) is 0 Å². The molecule has 0 amide bonds. The van der Waals surface area contributed by atoms with Crippen LogP contribution in [-0.4, -0.2) is 12.5 Å². The summed E-state index contributed by atoms with van der Waals surface area (Å²) in [4.78, 5) is 4.15. The molecule has 1 aromatic carbocycles. The highest BCUT2D eigenvalue weighted by Crippen LogP contribution is 2.25. The first kappa shape index (κ1) is 13.3. The molecule has 0 atom stereocenters. The van der Waals surface area contributed by atoms with Crippen molar-refractivity contribution >= 4 is 21.9 Å². The van der Waals surface area contributed by atoms with Crippen LogP contribution in [0.25, 0.3) is 0 Å². The Morgan fingerprint density at radius 2 is 2.28 bits per heavy atom. The Morgan fingerprint density at radius 3 is 2.94 bits per heavy atom. The van der Waals surface area contributed by atoms with Crippen LogP contribution in [-0.2, 0) is 6.54 Å². The zero-order chi connectivity index (χ0) is 13.0. The maximum atomic E-state index is 13.4. The standard InChI is InChI=1S/C13H17BrFN3/c14-11-4-5-12(15)10(6-11)8-18-13(16)17-7-9-2-1-3-9/h4-6,9H,1-3,7-8H2,(H3,16,17,18). The summed E-state index contributed by atoms with van der Waals surface area (Å²) in [6.45, 7) is 1.13. The van der Waals surface area contributed by atoms with Gasteiger partial charge in [-0.3, -0.25) is 0 Å². The van der Waals surface area contributed by atoms with Gasteiger partial charge in [-0.2, -0.15) is 0 Å². The fourth-order valence-corrected chi connectivity index (χ4v) is 2.25. The summed E-state index contributed by atoms with van der Waals surface area (Å²) in [7, 11) is 0. The van der Waals surface area contributed by atoms with Crippen LogP contribution in [0.5, 0.6) is 0 Å². The molecule has 1 saturated carbocycles. The summed E-state index contributed by atoms with van der Waals surface area (Å²) < 4.78 is 14.3. The number of nitrogens with zero attached hydrogens (tertiary/aromatic N) is 1. The van der Waals surface area contributed by atoms with Gasteiger partial charge < -0.3 is 11.1 Å². The normalized spacial score (nSPS) is 16.4. The van der Waals surface area contributed by atoms with E-state index in [1.165, 1.54) is 25.3 Å². The van der Waals surface area contributed by atoms with E-state index in [4.69, 9.17) is 5.73 Å². The van der Waals surface area contributed by atoms with Gasteiger partial charge >= 0.3 is 0 Å². The molecule has 0 heterocycles. The molecule has 18 heavy (non-hydrogen) atoms. The average molecular weight is 314 g/mol. The zero-order valence-corrected chi connectivity index (χ0v) is 11.7. The van der Waals surface area contributed by atoms with Crippen molar-refractivity contribution in [3.63, 3.8) is 0 Å². The van der Waals surface area contributed by atoms with Crippen LogP contribution < -0.4 is 11.1 Å². The van der Waals surface area contributed by atoms with E-state index in [-0.39, 0.29) is 12.4 Å². The number of hydrogen-bond donors (Lipinski definition) is 2. The van der Waals surface area contributed by atoms with Gasteiger partial charge in [-0.15, -0.1) is 0 Å². The first-order valence-electron chi connectivity index (χ1n) is 6.13. The summed E-state index contributed by atoms with van der Waals surface area (Å²) in [6.07, 6.45) is 3.84. The average Bonchev–Trinajstić information content (AvgIpc) is 2.28. The lowest BCUT2D eigenvalue weighted by Gasteiger charge is -2.25. The Morgan fingerprint density at radius 1 is 1.50 bits per heavy atom. The summed E-state index contributed by atoms with van der Waals surface area (Å²) in [5.74, 6) is 0.858. The number of nitrogens with one attached hydrogen (secondary N) is 1. The summed E-state index contributed by atoms with van der Waals surface area (Å²) in [6, 6.07) is 4.81. The summed E-state index contributed by atoms with van der Waals surface area (Å²) >= 11 is 3.31. The van der Waals surface area contributed by atoms with Crippen molar-refractivity contribution in [1.82, 2.24) is 5.32 Å². The number of benzene rings is 1. The molecule has 1 aromatic rings. The van der Waals surface area contributed by atoms with Crippen molar-refractivity contribution < 1.29 is 4.39 Å². The van der Waals surface area contributed by atoms with Crippen molar-refractivity contribution in [2.45, 2.75) is 25.8 Å². The Labute approximate surface area is 115 Å². The molecular formula is C13H17BrFN3. The van der Waals surface area contributed by atoms with Gasteiger partial charge in [0.25, 0.3) is 0 Å². The molecule has 98 valence electrons. The van der Waals surface area contributed by atoms with E-state index >= 15 is 0 Å². The molecule has 0 radical (unpaired) electrons. The van der Waals surface area contributed by atoms with Crippen LogP contribution >= 0.6 is 15.9 Å². The fourth-order valence-electron chi connectivity index (χ4n) is 1.84. The molecule has 3 N–H and O–H groups in total. The van der Waals surface area contributed by atoms with Crippen molar-refractivity contribution in [2.75, 3.05) is 6.54 Å². The molecule has 0 unspecified atom stereocenters. The lowest BCUT2D eigenvalue weighted by atomic mass is 9.85. The van der Waals surface area contributed by atoms with Gasteiger partial charge in [0.1, 0.15) is 5.82 Å². The van der Waals surface area contributed by atoms with Gasteiger partial charge in [-0.25, -0.2) is 9.38 Å². The molecule has 0 aliphatic heterocycles. The molecule has 0 aromatic heterocycles. The lowest BCUT2D eigenvalue weighted by Crippen LogP contribution is -2.37. The van der Waals surface area contributed by atoms with Gasteiger partial charge in [-0.1, -0.05) is 22.4 Å². The number of hydrogen-bond acceptors (Lipinski definition) is 1. The van der Waals surface area contributed by atoms with E-state index in [2.05, 4.69) is 26.2 Å². The molecular weight excluding hydrogens is 297 g/mol. The van der Waals surface area contributed by atoms with Gasteiger partial charge in [0.2, 0.25) is 0 Å². The van der Waals surface area contributed by atoms with Crippen LogP contribution in [0.3, 0.4) is 0 Å². The van der Waals surface area contributed by atoms with Crippen molar-refractivity contribution in [2.24, 2.45) is 16.6 Å². The number of aliphatic imine (C=N–C) groups is 1. The van der Waals surface area contributed by atoms with E-state index in [1.807, 2.05) is 0 Å². The zero-order valence-electron chi connectivity index (χ0n) is 10.1. The summed E-state index contributed by atoms with van der Waals surface area (Å²) in [5.41, 5.74) is 6.28. The predicted octanol–water partition coefficient (Wildman–Crippen LogP) is 2.79. The second-order valence-corrected chi connectivity index (χ2v) is 5.53. The Balaban J connectivity index is 1.86. The fraction of sp³-hybridized carbons (Fsp3) is 0.462. The van der Waals surface area contributed by atoms with E-state index in [0.717, 1.165) is 16.9 Å². The topological polar surface area (TPSA) is 50.4 Å². The smallest absolute Gasteiger partial charge is 0.188 e. The van der Waals surface area contributed by atoms with Crippen LogP contribution in [0.15, 0.2) is 27.7 Å². The molecule has 1 aliphatic carbocycles. The van der Waals surface area contributed by atoms with Gasteiger partial charge in [0.15, 0.2) is 5.96 Å². The Bertz CT molecular complexity index is 444. The van der Waals surface area contributed by atoms with Crippen LogP contribution in [0.2, 0.25) is 0 Å². The van der Waals surface area contributed by atoms with Crippen LogP contribution in [0.1, 0.15) is 24.8 Å². The first-order chi connectivity index (χ1) is 8.65. The van der Waals surface area contributed by atoms with E-state index < -0.39 is 0 Å². The third-order valence-electron chi connectivity index (χ3n) is 3.22. The number of halogens is 2. The molecule has 1 fully saturated rings. The molecule has 0 bridgehead atoms. The van der Waals surface area contributed by atoms with Crippen molar-refractivity contribution in [3.05, 3.63) is 34.1 Å². The molecule has 5 heteroatoms. The highest BCUT2D eigenvalue weighted by Gasteiger charge is 2.16. The predicted molar refractivity (Wildman–Crippen MR) is 74.8 cm³/mol. The molecule has 3 nitrogen and oxygen atoms in total. The third kappa shape index (κ3) is 3.70. The minimum Gasteiger partial charge on any atom is -0.370 e. The minimum absolute atomic E-state index is 0.256. The molecule has 0 spiro atoms. The maximum absolute atomic E-state index is 13.4. The number of guanidine groups is 1. The Hall–Kier alpha value is -1.10. The highest BCUT2D eigenvalue weighted by atomic mass is 79.9. The number of rotatable bonds is 4. The van der Waals surface area contributed by atoms with Crippen molar-refractivity contribution in [1.29, 1.82) is 0 Å². The van der Waals surface area contributed by atoms with Gasteiger partial charge in [0.05, 0.1) is 6.54 Å². The second-order valence-electron chi connectivity index (χ2n) is 4.62. The summed E-state index contributed by atoms with van der Waals surface area (Å²) in [5, 5.41) is 3.08. The maximum Gasteiger partial charge on any atom is 0.188 e. The molecule has 0 saturated heterocycles. The first-order valence-corrected chi connectivity index (χ1v) is 6.92. The van der Waals surface area contributed by atoms with Crippen LogP contribution in [0.4, 0.5) is 4.39 Å². The molecule has 1 aliphatic rings. The van der Waals surface area contributed by atoms with Crippen LogP contribution in [0, 0.1) is 11.7 Å².